The monoisotopic (exact) mass is 395 g/mol. The summed E-state index contributed by atoms with van der Waals surface area (Å²) in [6.07, 6.45) is 0. The molecule has 0 bridgehead atoms. The van der Waals surface area contributed by atoms with E-state index in [1.807, 2.05) is 36.9 Å². The molecule has 1 saturated heterocycles. The molecule has 0 aromatic heterocycles. The van der Waals surface area contributed by atoms with Gasteiger partial charge in [-0.2, -0.15) is 0 Å². The quantitative estimate of drug-likeness (QED) is 0.861. The molecule has 7 heteroatoms. The Morgan fingerprint density at radius 3 is 2.55 bits per heavy atom. The molecule has 4 rings (SSSR count). The molecule has 2 aliphatic rings. The summed E-state index contributed by atoms with van der Waals surface area (Å²) < 4.78 is 10.7. The molecule has 29 heavy (non-hydrogen) atoms. The van der Waals surface area contributed by atoms with Gasteiger partial charge in [-0.05, 0) is 49.2 Å². The lowest BCUT2D eigenvalue weighted by molar-refractivity contribution is -0.117. The highest BCUT2D eigenvalue weighted by atomic mass is 16.7. The number of carbonyl (C=O) groups is 2. The molecular weight excluding hydrogens is 370 g/mol. The number of benzene rings is 2. The van der Waals surface area contributed by atoms with Crippen LogP contribution >= 0.6 is 0 Å². The minimum absolute atomic E-state index is 0.0252. The number of hydrogen-bond donors (Lipinski definition) is 1. The first-order valence-electron chi connectivity index (χ1n) is 9.78. The van der Waals surface area contributed by atoms with E-state index in [0.717, 1.165) is 16.8 Å². The Morgan fingerprint density at radius 2 is 1.76 bits per heavy atom. The zero-order valence-corrected chi connectivity index (χ0v) is 16.7. The fraction of sp³-hybridized carbons (Fsp3) is 0.364. The Morgan fingerprint density at radius 1 is 1.00 bits per heavy atom. The Hall–Kier alpha value is -3.06. The number of amides is 2. The lowest BCUT2D eigenvalue weighted by atomic mass is 10.1. The standard InChI is InChI=1S/C22H25N3O4/c1-15-4-3-5-18(16(15)2)23-21(26)13-24-8-10-25(11-9-24)22(27)17-6-7-19-20(12-17)29-14-28-19/h3-7,12H,8-11,13-14H2,1-2H3,(H,23,26). The van der Waals surface area contributed by atoms with Crippen molar-refractivity contribution < 1.29 is 19.1 Å². The minimum Gasteiger partial charge on any atom is -0.454 e. The van der Waals surface area contributed by atoms with Crippen molar-refractivity contribution in [1.29, 1.82) is 0 Å². The number of nitrogens with zero attached hydrogens (tertiary/aromatic N) is 2. The maximum absolute atomic E-state index is 12.8. The Balaban J connectivity index is 1.29. The van der Waals surface area contributed by atoms with Crippen molar-refractivity contribution in [2.75, 3.05) is 44.8 Å². The summed E-state index contributed by atoms with van der Waals surface area (Å²) in [5.41, 5.74) is 3.68. The van der Waals surface area contributed by atoms with Gasteiger partial charge in [0.05, 0.1) is 6.54 Å². The molecule has 2 amide bonds. The summed E-state index contributed by atoms with van der Waals surface area (Å²) in [6.45, 7) is 7.04. The van der Waals surface area contributed by atoms with Crippen molar-refractivity contribution in [1.82, 2.24) is 9.80 Å². The van der Waals surface area contributed by atoms with Gasteiger partial charge in [0.25, 0.3) is 5.91 Å². The van der Waals surface area contributed by atoms with Crippen LogP contribution in [0.25, 0.3) is 0 Å². The van der Waals surface area contributed by atoms with Crippen LogP contribution in [0.3, 0.4) is 0 Å². The number of piperazine rings is 1. The van der Waals surface area contributed by atoms with Crippen molar-refractivity contribution in [2.45, 2.75) is 13.8 Å². The molecule has 7 nitrogen and oxygen atoms in total. The molecule has 0 unspecified atom stereocenters. The summed E-state index contributed by atoms with van der Waals surface area (Å²) in [7, 11) is 0. The summed E-state index contributed by atoms with van der Waals surface area (Å²) in [6, 6.07) is 11.2. The molecule has 0 spiro atoms. The summed E-state index contributed by atoms with van der Waals surface area (Å²) in [5, 5.41) is 3.00. The molecule has 0 saturated carbocycles. The normalized spacial score (nSPS) is 16.0. The fourth-order valence-electron chi connectivity index (χ4n) is 3.60. The van der Waals surface area contributed by atoms with Crippen LogP contribution < -0.4 is 14.8 Å². The van der Waals surface area contributed by atoms with Crippen LogP contribution in [-0.2, 0) is 4.79 Å². The minimum atomic E-state index is -0.0331. The second-order valence-electron chi connectivity index (χ2n) is 7.43. The van der Waals surface area contributed by atoms with Gasteiger partial charge >= 0.3 is 0 Å². The number of carbonyl (C=O) groups excluding carboxylic acids is 2. The molecule has 0 atom stereocenters. The summed E-state index contributed by atoms with van der Waals surface area (Å²) in [4.78, 5) is 29.1. The third kappa shape index (κ3) is 4.19. The van der Waals surface area contributed by atoms with E-state index in [1.54, 1.807) is 18.2 Å². The lowest BCUT2D eigenvalue weighted by Crippen LogP contribution is -2.50. The van der Waals surface area contributed by atoms with Gasteiger partial charge in [-0.3, -0.25) is 14.5 Å². The first-order chi connectivity index (χ1) is 14.0. The van der Waals surface area contributed by atoms with Gasteiger partial charge in [0, 0.05) is 37.4 Å². The van der Waals surface area contributed by atoms with Crippen molar-refractivity contribution in [3.05, 3.63) is 53.1 Å². The smallest absolute Gasteiger partial charge is 0.254 e. The number of rotatable bonds is 4. The largest absolute Gasteiger partial charge is 0.454 e. The Bertz CT molecular complexity index is 936. The van der Waals surface area contributed by atoms with Crippen LogP contribution in [0.2, 0.25) is 0 Å². The number of anilines is 1. The molecule has 152 valence electrons. The van der Waals surface area contributed by atoms with E-state index < -0.39 is 0 Å². The average Bonchev–Trinajstić information content (AvgIpc) is 3.19. The number of ether oxygens (including phenoxy) is 2. The van der Waals surface area contributed by atoms with E-state index in [1.165, 1.54) is 0 Å². The third-order valence-electron chi connectivity index (χ3n) is 5.52. The van der Waals surface area contributed by atoms with Crippen LogP contribution in [0, 0.1) is 13.8 Å². The number of hydrogen-bond acceptors (Lipinski definition) is 5. The summed E-state index contributed by atoms with van der Waals surface area (Å²) in [5.74, 6) is 1.22. The molecule has 2 aliphatic heterocycles. The molecule has 2 aromatic carbocycles. The molecular formula is C22H25N3O4. The summed E-state index contributed by atoms with van der Waals surface area (Å²) >= 11 is 0. The zero-order chi connectivity index (χ0) is 20.4. The molecule has 0 radical (unpaired) electrons. The Kier molecular flexibility index (Phi) is 5.40. The van der Waals surface area contributed by atoms with Gasteiger partial charge < -0.3 is 19.7 Å². The average molecular weight is 395 g/mol. The van der Waals surface area contributed by atoms with Gasteiger partial charge in [0.1, 0.15) is 0 Å². The van der Waals surface area contributed by atoms with Crippen molar-refractivity contribution in [3.63, 3.8) is 0 Å². The van der Waals surface area contributed by atoms with Crippen LogP contribution in [0.4, 0.5) is 5.69 Å². The van der Waals surface area contributed by atoms with E-state index in [9.17, 15) is 9.59 Å². The molecule has 2 aromatic rings. The lowest BCUT2D eigenvalue weighted by Gasteiger charge is -2.34. The van der Waals surface area contributed by atoms with Crippen LogP contribution in [0.1, 0.15) is 21.5 Å². The molecule has 1 fully saturated rings. The maximum atomic E-state index is 12.8. The predicted molar refractivity (Wildman–Crippen MR) is 109 cm³/mol. The highest BCUT2D eigenvalue weighted by molar-refractivity contribution is 5.95. The number of nitrogens with one attached hydrogen (secondary N) is 1. The van der Waals surface area contributed by atoms with E-state index in [0.29, 0.717) is 49.8 Å². The number of fused-ring (bicyclic) bond motifs is 1. The highest BCUT2D eigenvalue weighted by Crippen LogP contribution is 2.32. The third-order valence-corrected chi connectivity index (χ3v) is 5.52. The van der Waals surface area contributed by atoms with Crippen molar-refractivity contribution >= 4 is 17.5 Å². The number of aryl methyl sites for hydroxylation is 1. The van der Waals surface area contributed by atoms with Crippen LogP contribution in [0.15, 0.2) is 36.4 Å². The first kappa shape index (κ1) is 19.3. The van der Waals surface area contributed by atoms with Gasteiger partial charge in [-0.25, -0.2) is 0 Å². The Labute approximate surface area is 170 Å². The van der Waals surface area contributed by atoms with Crippen molar-refractivity contribution in [2.24, 2.45) is 0 Å². The van der Waals surface area contributed by atoms with Crippen LogP contribution in [0.5, 0.6) is 11.5 Å². The molecule has 1 N–H and O–H groups in total. The van der Waals surface area contributed by atoms with Gasteiger partial charge in [0.15, 0.2) is 11.5 Å². The molecule has 2 heterocycles. The predicted octanol–water partition coefficient (Wildman–Crippen LogP) is 2.43. The van der Waals surface area contributed by atoms with Gasteiger partial charge in [-0.1, -0.05) is 12.1 Å². The van der Waals surface area contributed by atoms with E-state index >= 15 is 0 Å². The van der Waals surface area contributed by atoms with E-state index in [-0.39, 0.29) is 18.6 Å². The highest BCUT2D eigenvalue weighted by Gasteiger charge is 2.25. The van der Waals surface area contributed by atoms with Gasteiger partial charge in [-0.15, -0.1) is 0 Å². The van der Waals surface area contributed by atoms with E-state index in [4.69, 9.17) is 9.47 Å². The van der Waals surface area contributed by atoms with Crippen LogP contribution in [-0.4, -0.2) is 61.1 Å². The fourth-order valence-corrected chi connectivity index (χ4v) is 3.60. The zero-order valence-electron chi connectivity index (χ0n) is 16.7. The second-order valence-corrected chi connectivity index (χ2v) is 7.43. The maximum Gasteiger partial charge on any atom is 0.254 e. The SMILES string of the molecule is Cc1cccc(NC(=O)CN2CCN(C(=O)c3ccc4c(c3)OCO4)CC2)c1C. The van der Waals surface area contributed by atoms with E-state index in [2.05, 4.69) is 10.2 Å². The molecule has 0 aliphatic carbocycles. The first-order valence-corrected chi connectivity index (χ1v) is 9.78. The topological polar surface area (TPSA) is 71.1 Å². The van der Waals surface area contributed by atoms with Crippen molar-refractivity contribution in [3.8, 4) is 11.5 Å². The van der Waals surface area contributed by atoms with Gasteiger partial charge in [0.2, 0.25) is 12.7 Å². The second kappa shape index (κ2) is 8.13.